The molecular weight excluding hydrogens is 250 g/mol. The minimum Gasteiger partial charge on any atom is -0.467 e. The lowest BCUT2D eigenvalue weighted by molar-refractivity contribution is -0.145. The molecule has 1 fully saturated rings. The first-order valence-electron chi connectivity index (χ1n) is 6.08. The number of ether oxygens (including phenoxy) is 1. The lowest BCUT2D eigenvalue weighted by Crippen LogP contribution is -2.41. The van der Waals surface area contributed by atoms with Gasteiger partial charge in [0.1, 0.15) is 17.6 Å². The zero-order chi connectivity index (χ0) is 14.2. The number of nitrogens with zero attached hydrogens (tertiary/aromatic N) is 1. The molecule has 1 N–H and O–H groups in total. The maximum atomic E-state index is 12.4. The second-order valence-corrected chi connectivity index (χ2v) is 4.71. The van der Waals surface area contributed by atoms with Gasteiger partial charge in [0.2, 0.25) is 0 Å². The van der Waals surface area contributed by atoms with Crippen molar-refractivity contribution in [1.82, 2.24) is 4.90 Å². The van der Waals surface area contributed by atoms with E-state index >= 15 is 0 Å². The van der Waals surface area contributed by atoms with E-state index < -0.39 is 18.1 Å². The number of carbonyl (C=O) groups excluding carboxylic acids is 2. The molecule has 19 heavy (non-hydrogen) atoms. The molecule has 1 aliphatic rings. The van der Waals surface area contributed by atoms with Gasteiger partial charge in [-0.2, -0.15) is 0 Å². The highest BCUT2D eigenvalue weighted by molar-refractivity contribution is 5.98. The molecule has 2 heterocycles. The molecular formula is C13H17NO5. The SMILES string of the molecule is COC(=O)C1CC(O)CN1C(=O)c1cc(C)oc1C. The summed E-state index contributed by atoms with van der Waals surface area (Å²) in [4.78, 5) is 25.4. The average molecular weight is 267 g/mol. The molecule has 1 aromatic rings. The van der Waals surface area contributed by atoms with Gasteiger partial charge in [-0.15, -0.1) is 0 Å². The van der Waals surface area contributed by atoms with Gasteiger partial charge in [0, 0.05) is 13.0 Å². The number of β-amino-alcohol motifs (C(OH)–C–C–N with tert-alkyl or cyclic N) is 1. The van der Waals surface area contributed by atoms with Crippen LogP contribution in [0.2, 0.25) is 0 Å². The van der Waals surface area contributed by atoms with Gasteiger partial charge >= 0.3 is 5.97 Å². The van der Waals surface area contributed by atoms with Crippen LogP contribution >= 0.6 is 0 Å². The van der Waals surface area contributed by atoms with Gasteiger partial charge in [0.15, 0.2) is 0 Å². The fraction of sp³-hybridized carbons (Fsp3) is 0.538. The standard InChI is InChI=1S/C13H17NO5/c1-7-4-10(8(2)19-7)12(16)14-6-9(15)5-11(14)13(17)18-3/h4,9,11,15H,5-6H2,1-3H3. The number of amides is 1. The summed E-state index contributed by atoms with van der Waals surface area (Å²) in [5.41, 5.74) is 0.417. The van der Waals surface area contributed by atoms with Crippen molar-refractivity contribution in [1.29, 1.82) is 0 Å². The quantitative estimate of drug-likeness (QED) is 0.796. The van der Waals surface area contributed by atoms with Crippen molar-refractivity contribution in [2.45, 2.75) is 32.4 Å². The maximum Gasteiger partial charge on any atom is 0.328 e. The van der Waals surface area contributed by atoms with Crippen LogP contribution in [-0.4, -0.2) is 47.7 Å². The van der Waals surface area contributed by atoms with Gasteiger partial charge in [-0.1, -0.05) is 0 Å². The number of rotatable bonds is 2. The molecule has 0 radical (unpaired) electrons. The van der Waals surface area contributed by atoms with E-state index in [1.165, 1.54) is 12.0 Å². The van der Waals surface area contributed by atoms with E-state index in [4.69, 9.17) is 4.42 Å². The van der Waals surface area contributed by atoms with E-state index in [2.05, 4.69) is 4.74 Å². The predicted molar refractivity (Wildman–Crippen MR) is 65.6 cm³/mol. The minimum atomic E-state index is -0.734. The normalized spacial score (nSPS) is 22.6. The Labute approximate surface area is 110 Å². The molecule has 2 unspecified atom stereocenters. The van der Waals surface area contributed by atoms with Crippen LogP contribution < -0.4 is 0 Å². The minimum absolute atomic E-state index is 0.127. The van der Waals surface area contributed by atoms with Crippen molar-refractivity contribution in [3.8, 4) is 0 Å². The lowest BCUT2D eigenvalue weighted by Gasteiger charge is -2.21. The Bertz CT molecular complexity index is 507. The summed E-state index contributed by atoms with van der Waals surface area (Å²) < 4.78 is 9.98. The summed E-state index contributed by atoms with van der Waals surface area (Å²) >= 11 is 0. The molecule has 0 saturated carbocycles. The van der Waals surface area contributed by atoms with Crippen molar-refractivity contribution < 1.29 is 23.8 Å². The summed E-state index contributed by atoms with van der Waals surface area (Å²) in [6, 6.07) is 0.901. The molecule has 104 valence electrons. The summed E-state index contributed by atoms with van der Waals surface area (Å²) in [6.45, 7) is 3.57. The lowest BCUT2D eigenvalue weighted by atomic mass is 10.1. The van der Waals surface area contributed by atoms with Crippen LogP contribution in [0.25, 0.3) is 0 Å². The first-order valence-corrected chi connectivity index (χ1v) is 6.08. The predicted octanol–water partition coefficient (Wildman–Crippen LogP) is 0.645. The molecule has 6 heteroatoms. The van der Waals surface area contributed by atoms with Crippen molar-refractivity contribution in [3.63, 3.8) is 0 Å². The van der Waals surface area contributed by atoms with Crippen molar-refractivity contribution in [2.75, 3.05) is 13.7 Å². The van der Waals surface area contributed by atoms with Gasteiger partial charge in [-0.3, -0.25) is 4.79 Å². The first kappa shape index (κ1) is 13.6. The second-order valence-electron chi connectivity index (χ2n) is 4.71. The van der Waals surface area contributed by atoms with E-state index in [0.717, 1.165) is 0 Å². The first-order chi connectivity index (χ1) is 8.93. The number of esters is 1. The molecule has 0 bridgehead atoms. The van der Waals surface area contributed by atoms with E-state index in [1.54, 1.807) is 19.9 Å². The Kier molecular flexibility index (Phi) is 3.61. The van der Waals surface area contributed by atoms with Crippen molar-refractivity contribution in [3.05, 3.63) is 23.2 Å². The van der Waals surface area contributed by atoms with Gasteiger partial charge in [-0.05, 0) is 19.9 Å². The van der Waals surface area contributed by atoms with E-state index in [-0.39, 0.29) is 18.9 Å². The summed E-state index contributed by atoms with van der Waals surface area (Å²) in [6.07, 6.45) is -0.504. The highest BCUT2D eigenvalue weighted by atomic mass is 16.5. The van der Waals surface area contributed by atoms with Crippen molar-refractivity contribution >= 4 is 11.9 Å². The number of aryl methyl sites for hydroxylation is 2. The van der Waals surface area contributed by atoms with Crippen LogP contribution in [0.15, 0.2) is 10.5 Å². The smallest absolute Gasteiger partial charge is 0.328 e. The topological polar surface area (TPSA) is 80.0 Å². The number of likely N-dealkylation sites (tertiary alicyclic amines) is 1. The molecule has 1 saturated heterocycles. The largest absolute Gasteiger partial charge is 0.467 e. The van der Waals surface area contributed by atoms with E-state index in [9.17, 15) is 14.7 Å². The number of carbonyl (C=O) groups is 2. The number of methoxy groups -OCH3 is 1. The highest BCUT2D eigenvalue weighted by Crippen LogP contribution is 2.24. The Balaban J connectivity index is 2.26. The Morgan fingerprint density at radius 2 is 2.16 bits per heavy atom. The third-order valence-corrected chi connectivity index (χ3v) is 3.28. The van der Waals surface area contributed by atoms with Crippen LogP contribution in [0, 0.1) is 13.8 Å². The molecule has 1 amide bonds. The fourth-order valence-corrected chi connectivity index (χ4v) is 2.40. The number of hydrogen-bond acceptors (Lipinski definition) is 5. The van der Waals surface area contributed by atoms with Gasteiger partial charge < -0.3 is 19.2 Å². The number of hydrogen-bond donors (Lipinski definition) is 1. The highest BCUT2D eigenvalue weighted by Gasteiger charge is 2.40. The molecule has 1 aliphatic heterocycles. The fourth-order valence-electron chi connectivity index (χ4n) is 2.40. The van der Waals surface area contributed by atoms with Crippen LogP contribution in [0.1, 0.15) is 28.3 Å². The maximum absolute atomic E-state index is 12.4. The Morgan fingerprint density at radius 3 is 2.68 bits per heavy atom. The van der Waals surface area contributed by atoms with Crippen LogP contribution in [-0.2, 0) is 9.53 Å². The van der Waals surface area contributed by atoms with E-state index in [0.29, 0.717) is 17.1 Å². The molecule has 0 aliphatic carbocycles. The second kappa shape index (κ2) is 5.05. The van der Waals surface area contributed by atoms with E-state index in [1.807, 2.05) is 0 Å². The number of aliphatic hydroxyl groups is 1. The van der Waals surface area contributed by atoms with Gasteiger partial charge in [0.25, 0.3) is 5.91 Å². The van der Waals surface area contributed by atoms with Crippen LogP contribution in [0.5, 0.6) is 0 Å². The monoisotopic (exact) mass is 267 g/mol. The van der Waals surface area contributed by atoms with Crippen molar-refractivity contribution in [2.24, 2.45) is 0 Å². The van der Waals surface area contributed by atoms with Crippen LogP contribution in [0.3, 0.4) is 0 Å². The van der Waals surface area contributed by atoms with Crippen LogP contribution in [0.4, 0.5) is 0 Å². The molecule has 1 aromatic heterocycles. The number of aliphatic hydroxyl groups excluding tert-OH is 1. The zero-order valence-electron chi connectivity index (χ0n) is 11.2. The third kappa shape index (κ3) is 2.49. The van der Waals surface area contributed by atoms with Gasteiger partial charge in [0.05, 0.1) is 18.8 Å². The third-order valence-electron chi connectivity index (χ3n) is 3.28. The Hall–Kier alpha value is -1.82. The molecule has 0 aromatic carbocycles. The number of furan rings is 1. The molecule has 0 spiro atoms. The summed E-state index contributed by atoms with van der Waals surface area (Å²) in [5.74, 6) is 0.312. The van der Waals surface area contributed by atoms with Gasteiger partial charge in [-0.25, -0.2) is 4.79 Å². The average Bonchev–Trinajstić information content (AvgIpc) is 2.90. The molecule has 6 nitrogen and oxygen atoms in total. The molecule has 2 rings (SSSR count). The molecule has 2 atom stereocenters. The zero-order valence-corrected chi connectivity index (χ0v) is 11.2. The summed E-state index contributed by atoms with van der Waals surface area (Å²) in [7, 11) is 1.27. The Morgan fingerprint density at radius 1 is 1.47 bits per heavy atom. The summed E-state index contributed by atoms with van der Waals surface area (Å²) in [5, 5.41) is 9.66.